The summed E-state index contributed by atoms with van der Waals surface area (Å²) in [7, 11) is 0. The Morgan fingerprint density at radius 2 is 0.385 bits per heavy atom. The van der Waals surface area contributed by atoms with Gasteiger partial charge in [-0.05, 0) is 148 Å². The summed E-state index contributed by atoms with van der Waals surface area (Å²) >= 11 is 0. The Kier molecular flexibility index (Phi) is 17.3. The first kappa shape index (κ1) is 71.3. The van der Waals surface area contributed by atoms with E-state index < -0.39 is 10.8 Å². The summed E-state index contributed by atoms with van der Waals surface area (Å²) < 4.78 is 0. The number of aromatic nitrogens is 6. The summed E-state index contributed by atoms with van der Waals surface area (Å²) in [4.78, 5) is 31.1. The van der Waals surface area contributed by atoms with E-state index in [1.165, 1.54) is 83.1 Å². The Balaban J connectivity index is 0.000000142. The largest absolute Gasteiger partial charge is 0.247 e. The van der Waals surface area contributed by atoms with Crippen LogP contribution in [0.4, 0.5) is 0 Å². The molecule has 0 aliphatic heterocycles. The third kappa shape index (κ3) is 11.8. The summed E-state index contributed by atoms with van der Waals surface area (Å²) in [6, 6.07) is 161. The van der Waals surface area contributed by atoms with Gasteiger partial charge in [0.15, 0.2) is 11.6 Å². The first-order valence-corrected chi connectivity index (χ1v) is 41.7. The number of para-hydroxylation sites is 4. The molecule has 2 aliphatic rings. The van der Waals surface area contributed by atoms with E-state index >= 15 is 0 Å². The lowest BCUT2D eigenvalue weighted by Crippen LogP contribution is -2.28. The molecular weight excluding hydrogens is 1480 g/mol. The summed E-state index contributed by atoms with van der Waals surface area (Å²) in [5.41, 5.74) is 32.7. The van der Waals surface area contributed by atoms with E-state index in [2.05, 4.69) is 413 Å². The van der Waals surface area contributed by atoms with Crippen LogP contribution in [0.2, 0.25) is 0 Å². The maximum absolute atomic E-state index is 5.42. The summed E-state index contributed by atoms with van der Waals surface area (Å²) in [5, 5.41) is 9.02. The highest BCUT2D eigenvalue weighted by Gasteiger charge is 2.48. The number of benzene rings is 18. The standard InChI is InChI=1S/2C58H37N3/c1-4-16-38(17-5-1)39-28-34-42(35-29-39)57-60-54-27-15-12-24-47(54)55(61-57)40-30-32-41(33-31-40)56-50-36-49-45-22-10-13-25-51(45)58(43-18-6-2-7-19-43,44-20-8-3-9-21-44)52(49)37-48(50)46-23-11-14-26-53(46)59-56;1-4-16-42(17-5-1)57-60-54-27-15-12-24-47(54)55(61-57)40-32-28-38(29-33-40)39-30-34-41(35-31-39)56-50-36-49-45-22-10-13-25-51(45)58(43-18-6-2-7-19-43,44-20-8-3-9-21-44)52(49)37-48(50)46-23-11-14-26-53(46)59-56/h2*1-37H. The second-order valence-electron chi connectivity index (χ2n) is 31.8. The molecule has 4 aromatic heterocycles. The van der Waals surface area contributed by atoms with Crippen LogP contribution >= 0.6 is 0 Å². The van der Waals surface area contributed by atoms with Crippen molar-refractivity contribution in [2.24, 2.45) is 0 Å². The van der Waals surface area contributed by atoms with Gasteiger partial charge in [0, 0.05) is 65.7 Å². The SMILES string of the molecule is c1ccc(-c2ccc(-c3nc(-c4ccc(-c5nc6ccccc6c6cc7c(cc56)-c5ccccc5C7(c5ccccc5)c5ccccc5)cc4)c4ccccc4n3)cc2)cc1.c1ccc(-c2nc(-c3ccc(-c4ccc(-c5nc6ccccc6c6cc7c(cc56)-c5ccccc5C7(c5ccccc5)c5ccccc5)cc4)cc3)c3ccccc3n2)cc1. The molecule has 6 heteroatoms. The lowest BCUT2D eigenvalue weighted by molar-refractivity contribution is 0.769. The Bertz CT molecular complexity index is 7720. The van der Waals surface area contributed by atoms with Gasteiger partial charge in [-0.3, -0.25) is 0 Å². The van der Waals surface area contributed by atoms with Crippen molar-refractivity contribution >= 4 is 65.2 Å². The molecule has 4 heterocycles. The second-order valence-corrected chi connectivity index (χ2v) is 31.8. The topological polar surface area (TPSA) is 77.3 Å². The minimum absolute atomic E-state index is 0.477. The summed E-state index contributed by atoms with van der Waals surface area (Å²) in [6.45, 7) is 0. The maximum atomic E-state index is 5.42. The predicted octanol–water partition coefficient (Wildman–Crippen LogP) is 28.7. The lowest BCUT2D eigenvalue weighted by atomic mass is 9.67. The molecule has 0 saturated heterocycles. The van der Waals surface area contributed by atoms with E-state index in [1.54, 1.807) is 0 Å². The summed E-state index contributed by atoms with van der Waals surface area (Å²) in [5.74, 6) is 1.43. The Morgan fingerprint density at radius 3 is 0.738 bits per heavy atom. The monoisotopic (exact) mass is 1550 g/mol. The molecule has 122 heavy (non-hydrogen) atoms. The van der Waals surface area contributed by atoms with Gasteiger partial charge in [-0.2, -0.15) is 0 Å². The van der Waals surface area contributed by atoms with Crippen LogP contribution in [0.15, 0.2) is 449 Å². The van der Waals surface area contributed by atoms with Gasteiger partial charge in [0.25, 0.3) is 0 Å². The highest BCUT2D eigenvalue weighted by atomic mass is 14.9. The molecule has 0 N–H and O–H groups in total. The van der Waals surface area contributed by atoms with Gasteiger partial charge in [-0.25, -0.2) is 29.9 Å². The molecule has 18 aromatic carbocycles. The van der Waals surface area contributed by atoms with Gasteiger partial charge < -0.3 is 0 Å². The normalized spacial score (nSPS) is 12.7. The van der Waals surface area contributed by atoms with Crippen LogP contribution in [0.5, 0.6) is 0 Å². The zero-order chi connectivity index (χ0) is 80.7. The fourth-order valence-electron chi connectivity index (χ4n) is 19.5. The van der Waals surface area contributed by atoms with Crippen molar-refractivity contribution in [3.8, 4) is 112 Å². The molecule has 568 valence electrons. The third-order valence-corrected chi connectivity index (χ3v) is 25.1. The molecule has 0 spiro atoms. The quantitative estimate of drug-likeness (QED) is 0.113. The second kappa shape index (κ2) is 29.6. The Hall–Kier alpha value is -16.0. The maximum Gasteiger partial charge on any atom is 0.160 e. The molecule has 0 bridgehead atoms. The molecule has 0 unspecified atom stereocenters. The first-order chi connectivity index (χ1) is 60.5. The van der Waals surface area contributed by atoms with Crippen LogP contribution in [0, 0.1) is 0 Å². The number of nitrogens with zero attached hydrogens (tertiary/aromatic N) is 6. The van der Waals surface area contributed by atoms with Gasteiger partial charge in [-0.15, -0.1) is 0 Å². The number of pyridine rings is 2. The first-order valence-electron chi connectivity index (χ1n) is 41.7. The molecule has 6 nitrogen and oxygen atoms in total. The number of hydrogen-bond acceptors (Lipinski definition) is 6. The molecule has 22 aromatic rings. The average Bonchev–Trinajstić information content (AvgIpc) is 1.53. The van der Waals surface area contributed by atoms with Gasteiger partial charge in [0.05, 0.1) is 55.7 Å². The smallest absolute Gasteiger partial charge is 0.160 e. The van der Waals surface area contributed by atoms with Crippen molar-refractivity contribution < 1.29 is 0 Å². The van der Waals surface area contributed by atoms with Crippen LogP contribution in [0.3, 0.4) is 0 Å². The fraction of sp³-hybridized carbons (Fsp3) is 0.0172. The highest BCUT2D eigenvalue weighted by molar-refractivity contribution is 6.15. The zero-order valence-electron chi connectivity index (χ0n) is 66.4. The van der Waals surface area contributed by atoms with Gasteiger partial charge in [0.2, 0.25) is 0 Å². The predicted molar refractivity (Wildman–Crippen MR) is 503 cm³/mol. The highest BCUT2D eigenvalue weighted by Crippen LogP contribution is 2.60. The van der Waals surface area contributed by atoms with Gasteiger partial charge in [-0.1, -0.05) is 400 Å². The molecule has 0 saturated carbocycles. The van der Waals surface area contributed by atoms with E-state index in [4.69, 9.17) is 29.9 Å². The van der Waals surface area contributed by atoms with Gasteiger partial charge in [0.1, 0.15) is 0 Å². The van der Waals surface area contributed by atoms with Crippen molar-refractivity contribution in [1.29, 1.82) is 0 Å². The lowest BCUT2D eigenvalue weighted by Gasteiger charge is -2.34. The molecule has 0 atom stereocenters. The molecule has 24 rings (SSSR count). The summed E-state index contributed by atoms with van der Waals surface area (Å²) in [6.07, 6.45) is 0. The fourth-order valence-corrected chi connectivity index (χ4v) is 19.5. The molecule has 0 amide bonds. The molecular formula is C116H74N6. The van der Waals surface area contributed by atoms with Crippen molar-refractivity contribution in [1.82, 2.24) is 29.9 Å². The van der Waals surface area contributed by atoms with Crippen LogP contribution in [-0.4, -0.2) is 29.9 Å². The minimum atomic E-state index is -0.488. The van der Waals surface area contributed by atoms with Crippen molar-refractivity contribution in [2.75, 3.05) is 0 Å². The molecule has 2 aliphatic carbocycles. The van der Waals surface area contributed by atoms with E-state index in [0.717, 1.165) is 133 Å². The number of fused-ring (bicyclic) bond motifs is 14. The molecule has 0 radical (unpaired) electrons. The minimum Gasteiger partial charge on any atom is -0.247 e. The Morgan fingerprint density at radius 1 is 0.139 bits per heavy atom. The third-order valence-electron chi connectivity index (χ3n) is 25.1. The van der Waals surface area contributed by atoms with Crippen LogP contribution in [0.25, 0.3) is 177 Å². The average molecular weight is 1550 g/mol. The van der Waals surface area contributed by atoms with Crippen molar-refractivity contribution in [3.63, 3.8) is 0 Å². The van der Waals surface area contributed by atoms with E-state index in [-0.39, 0.29) is 0 Å². The van der Waals surface area contributed by atoms with Crippen molar-refractivity contribution in [3.05, 3.63) is 493 Å². The van der Waals surface area contributed by atoms with E-state index in [1.807, 2.05) is 36.4 Å². The van der Waals surface area contributed by atoms with Crippen molar-refractivity contribution in [2.45, 2.75) is 10.8 Å². The van der Waals surface area contributed by atoms with Crippen LogP contribution in [-0.2, 0) is 10.8 Å². The van der Waals surface area contributed by atoms with Crippen LogP contribution in [0.1, 0.15) is 44.5 Å². The van der Waals surface area contributed by atoms with E-state index in [9.17, 15) is 0 Å². The van der Waals surface area contributed by atoms with Gasteiger partial charge >= 0.3 is 0 Å². The number of rotatable bonds is 12. The van der Waals surface area contributed by atoms with Crippen LogP contribution < -0.4 is 0 Å². The molecule has 0 fully saturated rings. The Labute approximate surface area is 706 Å². The van der Waals surface area contributed by atoms with E-state index in [0.29, 0.717) is 5.82 Å². The number of hydrogen-bond donors (Lipinski definition) is 0. The zero-order valence-corrected chi connectivity index (χ0v) is 66.4.